The van der Waals surface area contributed by atoms with Crippen molar-refractivity contribution in [1.82, 2.24) is 14.8 Å². The second-order valence-corrected chi connectivity index (χ2v) is 8.44. The largest absolute Gasteiger partial charge is 0.497 e. The van der Waals surface area contributed by atoms with E-state index < -0.39 is 0 Å². The van der Waals surface area contributed by atoms with Gasteiger partial charge in [0.2, 0.25) is 0 Å². The van der Waals surface area contributed by atoms with Crippen molar-refractivity contribution in [3.05, 3.63) is 69.5 Å². The summed E-state index contributed by atoms with van der Waals surface area (Å²) in [5, 5.41) is 4.89. The number of pyridine rings is 1. The molecule has 3 aromatic rings. The number of hydrogen-bond donors (Lipinski definition) is 2. The van der Waals surface area contributed by atoms with Crippen molar-refractivity contribution < 1.29 is 4.74 Å². The summed E-state index contributed by atoms with van der Waals surface area (Å²) in [5.41, 5.74) is 4.61. The smallest absolute Gasteiger partial charge is 0.253 e. The first kappa shape index (κ1) is 22.8. The molecule has 164 valence electrons. The van der Waals surface area contributed by atoms with Gasteiger partial charge in [0, 0.05) is 24.3 Å². The number of methoxy groups -OCH3 is 1. The Hall–Kier alpha value is -2.90. The molecule has 2 N–H and O–H groups in total. The van der Waals surface area contributed by atoms with Crippen LogP contribution in [0.15, 0.2) is 47.3 Å². The maximum atomic E-state index is 12.8. The summed E-state index contributed by atoms with van der Waals surface area (Å²) < 4.78 is 5.22. The molecule has 0 spiro atoms. The number of aromatic amines is 1. The van der Waals surface area contributed by atoms with E-state index in [4.69, 9.17) is 17.0 Å². The van der Waals surface area contributed by atoms with Gasteiger partial charge in [-0.2, -0.15) is 0 Å². The van der Waals surface area contributed by atoms with E-state index in [1.165, 1.54) is 5.56 Å². The molecule has 0 bridgehead atoms. The molecule has 31 heavy (non-hydrogen) atoms. The van der Waals surface area contributed by atoms with Gasteiger partial charge in [-0.25, -0.2) is 0 Å². The van der Waals surface area contributed by atoms with Crippen molar-refractivity contribution in [2.75, 3.05) is 39.6 Å². The summed E-state index contributed by atoms with van der Waals surface area (Å²) in [4.78, 5) is 20.0. The summed E-state index contributed by atoms with van der Waals surface area (Å²) in [6.45, 7) is 6.01. The van der Waals surface area contributed by atoms with E-state index in [1.54, 1.807) is 7.11 Å². The van der Waals surface area contributed by atoms with Crippen molar-refractivity contribution in [2.45, 2.75) is 20.4 Å². The molecule has 0 unspecified atom stereocenters. The normalized spacial score (nSPS) is 11.0. The first-order valence-corrected chi connectivity index (χ1v) is 10.7. The van der Waals surface area contributed by atoms with E-state index in [2.05, 4.69) is 34.3 Å². The average Bonchev–Trinajstić information content (AvgIpc) is 2.72. The Balaban J connectivity index is 1.86. The Labute approximate surface area is 188 Å². The number of aromatic nitrogens is 1. The number of H-pyrrole nitrogens is 1. The van der Waals surface area contributed by atoms with Gasteiger partial charge in [-0.1, -0.05) is 11.6 Å². The summed E-state index contributed by atoms with van der Waals surface area (Å²) >= 11 is 5.70. The molecule has 0 amide bonds. The lowest BCUT2D eigenvalue weighted by Crippen LogP contribution is -2.40. The molecule has 0 aliphatic heterocycles. The maximum Gasteiger partial charge on any atom is 0.253 e. The zero-order valence-corrected chi connectivity index (χ0v) is 19.6. The zero-order valence-electron chi connectivity index (χ0n) is 18.8. The molecule has 0 atom stereocenters. The molecule has 7 heteroatoms. The van der Waals surface area contributed by atoms with Crippen molar-refractivity contribution in [1.29, 1.82) is 0 Å². The average molecular weight is 439 g/mol. The number of fused-ring (bicyclic) bond motifs is 1. The fraction of sp³-hybridized carbons (Fsp3) is 0.333. The maximum absolute atomic E-state index is 12.8. The lowest BCUT2D eigenvalue weighted by atomic mass is 10.1. The Bertz CT molecular complexity index is 1120. The highest BCUT2D eigenvalue weighted by molar-refractivity contribution is 7.80. The van der Waals surface area contributed by atoms with Gasteiger partial charge in [0.25, 0.3) is 5.56 Å². The first-order chi connectivity index (χ1) is 14.8. The lowest BCUT2D eigenvalue weighted by molar-refractivity contribution is 0.327. The minimum Gasteiger partial charge on any atom is -0.497 e. The second-order valence-electron chi connectivity index (χ2n) is 8.05. The Kier molecular flexibility index (Phi) is 7.30. The molecular formula is C24H30N4O2S. The van der Waals surface area contributed by atoms with E-state index in [0.717, 1.165) is 34.4 Å². The number of aryl methyl sites for hydroxylation is 2. The summed E-state index contributed by atoms with van der Waals surface area (Å²) in [5.74, 6) is 0.786. The number of benzene rings is 2. The summed E-state index contributed by atoms with van der Waals surface area (Å²) in [6.07, 6.45) is 0. The molecule has 0 aliphatic carbocycles. The molecule has 0 saturated heterocycles. The van der Waals surface area contributed by atoms with Crippen LogP contribution in [0.25, 0.3) is 10.9 Å². The van der Waals surface area contributed by atoms with Crippen molar-refractivity contribution in [3.63, 3.8) is 0 Å². The topological polar surface area (TPSA) is 60.6 Å². The third-order valence-electron chi connectivity index (χ3n) is 5.18. The summed E-state index contributed by atoms with van der Waals surface area (Å²) in [7, 11) is 5.68. The SMILES string of the molecule is COc1ccc(NC(=S)N(CCN(C)C)Cc2cc3cc(C)cc(C)c3[nH]c2=O)cc1. The highest BCUT2D eigenvalue weighted by Gasteiger charge is 2.15. The summed E-state index contributed by atoms with van der Waals surface area (Å²) in [6, 6.07) is 13.8. The van der Waals surface area contributed by atoms with Gasteiger partial charge in [0.1, 0.15) is 5.75 Å². The highest BCUT2D eigenvalue weighted by atomic mass is 32.1. The van der Waals surface area contributed by atoms with Gasteiger partial charge in [-0.15, -0.1) is 0 Å². The lowest BCUT2D eigenvalue weighted by Gasteiger charge is -2.27. The predicted molar refractivity (Wildman–Crippen MR) is 132 cm³/mol. The predicted octanol–water partition coefficient (Wildman–Crippen LogP) is 3.91. The van der Waals surface area contributed by atoms with Gasteiger partial charge < -0.3 is 24.8 Å². The number of rotatable bonds is 7. The number of thiocarbonyl (C=S) groups is 1. The molecule has 0 fully saturated rings. The van der Waals surface area contributed by atoms with Crippen LogP contribution in [-0.4, -0.2) is 54.2 Å². The van der Waals surface area contributed by atoms with Gasteiger partial charge in [-0.05, 0) is 87.5 Å². The van der Waals surface area contributed by atoms with Crippen LogP contribution < -0.4 is 15.6 Å². The Morgan fingerprint density at radius 3 is 2.45 bits per heavy atom. The highest BCUT2D eigenvalue weighted by Crippen LogP contribution is 2.19. The molecule has 6 nitrogen and oxygen atoms in total. The van der Waals surface area contributed by atoms with Crippen LogP contribution in [0.4, 0.5) is 5.69 Å². The molecule has 0 aliphatic rings. The van der Waals surface area contributed by atoms with Crippen LogP contribution in [0, 0.1) is 13.8 Å². The standard InChI is InChI=1S/C24H30N4O2S/c1-16-12-17(2)22-18(13-16)14-19(23(29)26-22)15-28(11-10-27(3)4)24(31)25-20-6-8-21(30-5)9-7-20/h6-9,12-14H,10-11,15H2,1-5H3,(H,25,31)(H,26,29). The van der Waals surface area contributed by atoms with E-state index in [0.29, 0.717) is 23.8 Å². The molecule has 1 aromatic heterocycles. The van der Waals surface area contributed by atoms with Crippen LogP contribution in [0.2, 0.25) is 0 Å². The van der Waals surface area contributed by atoms with Gasteiger partial charge in [-0.3, -0.25) is 4.79 Å². The molecule has 0 radical (unpaired) electrons. The van der Waals surface area contributed by atoms with E-state index in [9.17, 15) is 4.79 Å². The van der Waals surface area contributed by atoms with Crippen molar-refractivity contribution >= 4 is 33.9 Å². The minimum atomic E-state index is -0.0819. The monoisotopic (exact) mass is 438 g/mol. The van der Waals surface area contributed by atoms with E-state index in [1.807, 2.05) is 56.3 Å². The third kappa shape index (κ3) is 5.83. The van der Waals surface area contributed by atoms with E-state index >= 15 is 0 Å². The number of hydrogen-bond acceptors (Lipinski definition) is 4. The molecule has 1 heterocycles. The van der Waals surface area contributed by atoms with Crippen molar-refractivity contribution in [3.8, 4) is 5.75 Å². The molecule has 2 aromatic carbocycles. The quantitative estimate of drug-likeness (QED) is 0.546. The number of anilines is 1. The molecular weight excluding hydrogens is 408 g/mol. The van der Waals surface area contributed by atoms with Gasteiger partial charge in [0.15, 0.2) is 5.11 Å². The fourth-order valence-electron chi connectivity index (χ4n) is 3.51. The second kappa shape index (κ2) is 9.94. The number of nitrogens with zero attached hydrogens (tertiary/aromatic N) is 2. The number of likely N-dealkylation sites (N-methyl/N-ethyl adjacent to an activating group) is 1. The van der Waals surface area contributed by atoms with Crippen LogP contribution in [0.3, 0.4) is 0 Å². The van der Waals surface area contributed by atoms with Crippen LogP contribution >= 0.6 is 12.2 Å². The molecule has 0 saturated carbocycles. The Morgan fingerprint density at radius 1 is 1.10 bits per heavy atom. The third-order valence-corrected chi connectivity index (χ3v) is 5.54. The fourth-order valence-corrected chi connectivity index (χ4v) is 3.78. The van der Waals surface area contributed by atoms with Crippen LogP contribution in [-0.2, 0) is 6.54 Å². The van der Waals surface area contributed by atoms with E-state index in [-0.39, 0.29) is 5.56 Å². The van der Waals surface area contributed by atoms with Crippen molar-refractivity contribution in [2.24, 2.45) is 0 Å². The zero-order chi connectivity index (χ0) is 22.5. The number of nitrogens with one attached hydrogen (secondary N) is 2. The van der Waals surface area contributed by atoms with Crippen LogP contribution in [0.1, 0.15) is 16.7 Å². The Morgan fingerprint density at radius 2 is 1.81 bits per heavy atom. The first-order valence-electron chi connectivity index (χ1n) is 10.2. The minimum absolute atomic E-state index is 0.0819. The van der Waals surface area contributed by atoms with Gasteiger partial charge >= 0.3 is 0 Å². The van der Waals surface area contributed by atoms with Gasteiger partial charge in [0.05, 0.1) is 19.2 Å². The molecule has 3 rings (SSSR count). The number of ether oxygens (including phenoxy) is 1. The van der Waals surface area contributed by atoms with Crippen LogP contribution in [0.5, 0.6) is 5.75 Å².